The molecule has 0 aromatic rings. The zero-order valence-electron chi connectivity index (χ0n) is 16.5. The predicted molar refractivity (Wildman–Crippen MR) is 106 cm³/mol. The van der Waals surface area contributed by atoms with Crippen molar-refractivity contribution < 1.29 is 14.7 Å². The zero-order valence-corrected chi connectivity index (χ0v) is 17.3. The Bertz CT molecular complexity index is 455. The van der Waals surface area contributed by atoms with Crippen LogP contribution in [-0.2, 0) is 9.59 Å². The Morgan fingerprint density at radius 2 is 1.73 bits per heavy atom. The van der Waals surface area contributed by atoms with Crippen LogP contribution in [0.3, 0.4) is 0 Å². The van der Waals surface area contributed by atoms with Gasteiger partial charge in [0, 0.05) is 32.2 Å². The number of halogens is 1. The van der Waals surface area contributed by atoms with Crippen LogP contribution in [0, 0.1) is 5.92 Å². The van der Waals surface area contributed by atoms with E-state index < -0.39 is 5.97 Å². The molecule has 2 unspecified atom stereocenters. The summed E-state index contributed by atoms with van der Waals surface area (Å²) < 4.78 is 0. The van der Waals surface area contributed by atoms with Crippen molar-refractivity contribution in [3.63, 3.8) is 0 Å². The maximum atomic E-state index is 12.7. The lowest BCUT2D eigenvalue weighted by atomic mass is 9.85. The van der Waals surface area contributed by atoms with Crippen LogP contribution in [0.1, 0.15) is 52.4 Å². The number of carboxylic acids is 1. The molecule has 1 N–H and O–H groups in total. The van der Waals surface area contributed by atoms with E-state index >= 15 is 0 Å². The Kier molecular flexibility index (Phi) is 9.90. The highest BCUT2D eigenvalue weighted by molar-refractivity contribution is 5.85. The predicted octanol–water partition coefficient (Wildman–Crippen LogP) is 2.32. The summed E-state index contributed by atoms with van der Waals surface area (Å²) in [5.74, 6) is 0.0698. The molecule has 2 rings (SSSR count). The fourth-order valence-electron chi connectivity index (χ4n) is 4.48. The molecule has 1 saturated carbocycles. The number of hydrogen-bond acceptors (Lipinski definition) is 4. The van der Waals surface area contributed by atoms with Crippen LogP contribution in [0.25, 0.3) is 0 Å². The molecule has 0 bridgehead atoms. The maximum Gasteiger partial charge on any atom is 0.317 e. The van der Waals surface area contributed by atoms with Gasteiger partial charge in [0.2, 0.25) is 5.91 Å². The van der Waals surface area contributed by atoms with Crippen LogP contribution in [0.4, 0.5) is 0 Å². The van der Waals surface area contributed by atoms with Gasteiger partial charge in [0.1, 0.15) is 0 Å². The van der Waals surface area contributed by atoms with Crippen molar-refractivity contribution in [2.45, 2.75) is 64.5 Å². The summed E-state index contributed by atoms with van der Waals surface area (Å²) >= 11 is 0. The van der Waals surface area contributed by atoms with Gasteiger partial charge in [-0.1, -0.05) is 26.7 Å². The van der Waals surface area contributed by atoms with E-state index in [-0.39, 0.29) is 24.9 Å². The number of hydrogen-bond donors (Lipinski definition) is 1. The van der Waals surface area contributed by atoms with Gasteiger partial charge in [-0.15, -0.1) is 12.4 Å². The molecule has 1 aliphatic heterocycles. The van der Waals surface area contributed by atoms with Crippen LogP contribution in [0.5, 0.6) is 0 Å². The van der Waals surface area contributed by atoms with Gasteiger partial charge in [-0.05, 0) is 38.1 Å². The molecular weight excluding hydrogens is 354 g/mol. The molecule has 0 spiro atoms. The molecule has 1 saturated heterocycles. The summed E-state index contributed by atoms with van der Waals surface area (Å²) in [7, 11) is 1.97. The van der Waals surface area contributed by atoms with Crippen molar-refractivity contribution >= 4 is 24.3 Å². The lowest BCUT2D eigenvalue weighted by Crippen LogP contribution is -2.50. The zero-order chi connectivity index (χ0) is 18.4. The number of likely N-dealkylation sites (tertiary alicyclic amines) is 1. The number of carbonyl (C=O) groups is 2. The average Bonchev–Trinajstić information content (AvgIpc) is 2.60. The molecule has 0 radical (unpaired) electrons. The highest BCUT2D eigenvalue weighted by Gasteiger charge is 2.30. The van der Waals surface area contributed by atoms with E-state index in [0.29, 0.717) is 24.5 Å². The lowest BCUT2D eigenvalue weighted by Gasteiger charge is -2.39. The molecule has 2 aliphatic rings. The molecule has 1 amide bonds. The summed E-state index contributed by atoms with van der Waals surface area (Å²) in [6.07, 6.45) is 6.76. The summed E-state index contributed by atoms with van der Waals surface area (Å²) in [6.45, 7) is 7.40. The number of rotatable bonds is 7. The monoisotopic (exact) mass is 389 g/mol. The third kappa shape index (κ3) is 6.39. The normalized spacial score (nSPS) is 24.9. The number of carbonyl (C=O) groups excluding carboxylic acids is 1. The highest BCUT2D eigenvalue weighted by Crippen LogP contribution is 2.27. The Morgan fingerprint density at radius 3 is 2.27 bits per heavy atom. The van der Waals surface area contributed by atoms with Crippen LogP contribution in [0.2, 0.25) is 0 Å². The van der Waals surface area contributed by atoms with Crippen LogP contribution >= 0.6 is 12.4 Å². The van der Waals surface area contributed by atoms with Crippen molar-refractivity contribution in [1.29, 1.82) is 0 Å². The number of carboxylic acid groups (broad SMARTS) is 1. The smallest absolute Gasteiger partial charge is 0.317 e. The number of piperidine rings is 1. The van der Waals surface area contributed by atoms with E-state index in [0.717, 1.165) is 38.9 Å². The first-order chi connectivity index (χ1) is 11.9. The Balaban J connectivity index is 0.00000338. The van der Waals surface area contributed by atoms with Gasteiger partial charge in [0.25, 0.3) is 0 Å². The van der Waals surface area contributed by atoms with Crippen molar-refractivity contribution in [2.75, 3.05) is 39.8 Å². The van der Waals surface area contributed by atoms with Gasteiger partial charge in [-0.3, -0.25) is 19.4 Å². The minimum atomic E-state index is -0.761. The van der Waals surface area contributed by atoms with E-state index in [1.54, 1.807) is 0 Å². The summed E-state index contributed by atoms with van der Waals surface area (Å²) in [6, 6.07) is 0.716. The van der Waals surface area contributed by atoms with Crippen LogP contribution < -0.4 is 0 Å². The fourth-order valence-corrected chi connectivity index (χ4v) is 4.48. The summed E-state index contributed by atoms with van der Waals surface area (Å²) in [5.41, 5.74) is 0. The minimum absolute atomic E-state index is 0. The van der Waals surface area contributed by atoms with E-state index in [1.165, 1.54) is 19.3 Å². The van der Waals surface area contributed by atoms with E-state index in [2.05, 4.69) is 11.8 Å². The molecule has 2 fully saturated rings. The first-order valence-electron chi connectivity index (χ1n) is 9.86. The van der Waals surface area contributed by atoms with E-state index in [1.807, 2.05) is 23.8 Å². The van der Waals surface area contributed by atoms with Gasteiger partial charge in [-0.2, -0.15) is 0 Å². The van der Waals surface area contributed by atoms with Crippen LogP contribution in [-0.4, -0.2) is 83.5 Å². The fraction of sp³-hybridized carbons (Fsp3) is 0.895. The maximum absolute atomic E-state index is 12.7. The SMILES string of the molecule is CCN(CC(=O)O)C1CCN(CC(=O)N(C)C2CCCCC2C)CC1.Cl. The molecule has 1 heterocycles. The van der Waals surface area contributed by atoms with Crippen molar-refractivity contribution in [3.05, 3.63) is 0 Å². The molecule has 0 aromatic carbocycles. The standard InChI is InChI=1S/C19H35N3O3.ClH/c1-4-22(14-19(24)25)16-9-11-21(12-10-16)13-18(23)20(3)17-8-6-5-7-15(17)2;/h15-17H,4-14H2,1-3H3,(H,24,25);1H. The van der Waals surface area contributed by atoms with Gasteiger partial charge in [0.15, 0.2) is 0 Å². The molecule has 152 valence electrons. The largest absolute Gasteiger partial charge is 0.480 e. The topological polar surface area (TPSA) is 64.1 Å². The van der Waals surface area contributed by atoms with Crippen LogP contribution in [0.15, 0.2) is 0 Å². The van der Waals surface area contributed by atoms with E-state index in [4.69, 9.17) is 5.11 Å². The second-order valence-corrected chi connectivity index (χ2v) is 7.80. The number of nitrogens with zero attached hydrogens (tertiary/aromatic N) is 3. The van der Waals surface area contributed by atoms with Gasteiger partial charge in [-0.25, -0.2) is 0 Å². The molecule has 0 aromatic heterocycles. The molecule has 1 aliphatic carbocycles. The third-order valence-electron chi connectivity index (χ3n) is 6.13. The second kappa shape index (κ2) is 11.1. The van der Waals surface area contributed by atoms with Crippen molar-refractivity contribution in [2.24, 2.45) is 5.92 Å². The van der Waals surface area contributed by atoms with Crippen molar-refractivity contribution in [3.8, 4) is 0 Å². The third-order valence-corrected chi connectivity index (χ3v) is 6.13. The Labute approximate surface area is 164 Å². The van der Waals surface area contributed by atoms with Gasteiger partial charge < -0.3 is 10.0 Å². The highest BCUT2D eigenvalue weighted by atomic mass is 35.5. The average molecular weight is 390 g/mol. The second-order valence-electron chi connectivity index (χ2n) is 7.80. The summed E-state index contributed by atoms with van der Waals surface area (Å²) in [5, 5.41) is 9.02. The molecule has 7 heteroatoms. The minimum Gasteiger partial charge on any atom is -0.480 e. The number of likely N-dealkylation sites (N-methyl/N-ethyl adjacent to an activating group) is 2. The Morgan fingerprint density at radius 1 is 1.12 bits per heavy atom. The molecular formula is C19H36ClN3O3. The number of amides is 1. The van der Waals surface area contributed by atoms with Gasteiger partial charge in [0.05, 0.1) is 13.1 Å². The van der Waals surface area contributed by atoms with E-state index in [9.17, 15) is 9.59 Å². The molecule has 26 heavy (non-hydrogen) atoms. The molecule has 6 nitrogen and oxygen atoms in total. The molecule has 2 atom stereocenters. The summed E-state index contributed by atoms with van der Waals surface area (Å²) in [4.78, 5) is 29.9. The number of aliphatic carboxylic acids is 1. The first kappa shape index (κ1) is 23.2. The lowest BCUT2D eigenvalue weighted by molar-refractivity contribution is -0.139. The van der Waals surface area contributed by atoms with Crippen molar-refractivity contribution in [1.82, 2.24) is 14.7 Å². The quantitative estimate of drug-likeness (QED) is 0.723. The first-order valence-corrected chi connectivity index (χ1v) is 9.86. The van der Waals surface area contributed by atoms with Gasteiger partial charge >= 0.3 is 5.97 Å². The Hall–Kier alpha value is -0.850.